The fourth-order valence-corrected chi connectivity index (χ4v) is 3.85. The van der Waals surface area contributed by atoms with Crippen molar-refractivity contribution in [3.05, 3.63) is 41.6 Å². The number of amides is 2. The van der Waals surface area contributed by atoms with Crippen molar-refractivity contribution in [2.75, 3.05) is 26.2 Å². The van der Waals surface area contributed by atoms with Gasteiger partial charge in [0, 0.05) is 32.4 Å². The van der Waals surface area contributed by atoms with Crippen molar-refractivity contribution < 1.29 is 13.2 Å². The Morgan fingerprint density at radius 1 is 1.12 bits per heavy atom. The van der Waals surface area contributed by atoms with Crippen LogP contribution in [0.3, 0.4) is 0 Å². The first kappa shape index (κ1) is 19.5. The van der Waals surface area contributed by atoms with Crippen LogP contribution in [0.4, 0.5) is 4.79 Å². The monoisotopic (exact) mass is 365 g/mol. The molecule has 1 aromatic carbocycles. The summed E-state index contributed by atoms with van der Waals surface area (Å²) in [6.45, 7) is 9.38. The Kier molecular flexibility index (Phi) is 6.24. The van der Waals surface area contributed by atoms with E-state index in [-0.39, 0.29) is 6.03 Å². The Bertz CT molecular complexity index is 731. The molecular weight excluding hydrogens is 338 g/mol. The number of aryl methyl sites for hydroxylation is 1. The zero-order chi connectivity index (χ0) is 18.6. The predicted molar refractivity (Wildman–Crippen MR) is 98.6 cm³/mol. The van der Waals surface area contributed by atoms with Gasteiger partial charge in [-0.3, -0.25) is 0 Å². The summed E-state index contributed by atoms with van der Waals surface area (Å²) in [6, 6.07) is 6.65. The largest absolute Gasteiger partial charge is 0.322 e. The van der Waals surface area contributed by atoms with Gasteiger partial charge in [-0.05, 0) is 31.9 Å². The van der Waals surface area contributed by atoms with Crippen molar-refractivity contribution in [1.82, 2.24) is 14.5 Å². The third kappa shape index (κ3) is 4.83. The molecule has 1 aliphatic heterocycles. The number of carbonyl (C=O) groups excluding carboxylic acids is 1. The van der Waals surface area contributed by atoms with E-state index in [9.17, 15) is 13.2 Å². The Morgan fingerprint density at radius 2 is 1.68 bits per heavy atom. The summed E-state index contributed by atoms with van der Waals surface area (Å²) in [7, 11) is -3.50. The van der Waals surface area contributed by atoms with Gasteiger partial charge in [0.2, 0.25) is 10.0 Å². The number of benzene rings is 1. The highest BCUT2D eigenvalue weighted by Crippen LogP contribution is 2.18. The molecule has 0 unspecified atom stereocenters. The number of sulfonamides is 1. The third-order valence-electron chi connectivity index (χ3n) is 4.52. The molecule has 0 radical (unpaired) electrons. The van der Waals surface area contributed by atoms with E-state index in [0.29, 0.717) is 37.0 Å². The molecular formula is C18H27N3O3S. The van der Waals surface area contributed by atoms with E-state index in [1.165, 1.54) is 4.31 Å². The van der Waals surface area contributed by atoms with Crippen LogP contribution in [-0.2, 0) is 10.0 Å². The van der Waals surface area contributed by atoms with Crippen LogP contribution in [0.25, 0.3) is 0 Å². The van der Waals surface area contributed by atoms with Crippen LogP contribution in [0.1, 0.15) is 26.3 Å². The molecule has 0 aromatic heterocycles. The lowest BCUT2D eigenvalue weighted by Crippen LogP contribution is -2.52. The molecule has 0 atom stereocenters. The lowest BCUT2D eigenvalue weighted by atomic mass is 10.1. The minimum absolute atomic E-state index is 0.188. The van der Waals surface area contributed by atoms with Crippen LogP contribution in [-0.4, -0.2) is 49.8 Å². The molecule has 1 saturated heterocycles. The summed E-state index contributed by atoms with van der Waals surface area (Å²) in [4.78, 5) is 14.1. The topological polar surface area (TPSA) is 69.7 Å². The Morgan fingerprint density at radius 3 is 2.20 bits per heavy atom. The highest BCUT2D eigenvalue weighted by molar-refractivity contribution is 7.89. The summed E-state index contributed by atoms with van der Waals surface area (Å²) in [5, 5.41) is 2.78. The van der Waals surface area contributed by atoms with Gasteiger partial charge in [-0.15, -0.1) is 0 Å². The number of carbonyl (C=O) groups is 1. The number of nitrogens with zero attached hydrogens (tertiary/aromatic N) is 2. The smallest absolute Gasteiger partial charge is 0.321 e. The quantitative estimate of drug-likeness (QED) is 0.891. The van der Waals surface area contributed by atoms with E-state index in [2.05, 4.69) is 19.2 Å². The van der Waals surface area contributed by atoms with Crippen molar-refractivity contribution in [2.24, 2.45) is 5.92 Å². The molecule has 0 spiro atoms. The minimum Gasteiger partial charge on any atom is -0.322 e. The second-order valence-electron chi connectivity index (χ2n) is 6.70. The van der Waals surface area contributed by atoms with Crippen molar-refractivity contribution in [3.8, 4) is 0 Å². The average Bonchev–Trinajstić information content (AvgIpc) is 2.59. The van der Waals surface area contributed by atoms with E-state index in [4.69, 9.17) is 0 Å². The average molecular weight is 365 g/mol. The second-order valence-corrected chi connectivity index (χ2v) is 8.63. The van der Waals surface area contributed by atoms with Crippen LogP contribution >= 0.6 is 0 Å². The molecule has 1 heterocycles. The van der Waals surface area contributed by atoms with Crippen LogP contribution < -0.4 is 5.32 Å². The fourth-order valence-electron chi connectivity index (χ4n) is 2.42. The van der Waals surface area contributed by atoms with Crippen LogP contribution in [0.5, 0.6) is 0 Å². The van der Waals surface area contributed by atoms with Crippen LogP contribution in [0.2, 0.25) is 0 Å². The third-order valence-corrected chi connectivity index (χ3v) is 6.43. The van der Waals surface area contributed by atoms with Crippen molar-refractivity contribution in [1.29, 1.82) is 0 Å². The van der Waals surface area contributed by atoms with Gasteiger partial charge in [0.05, 0.1) is 4.90 Å². The minimum atomic E-state index is -3.50. The van der Waals surface area contributed by atoms with Crippen LogP contribution in [0, 0.1) is 12.8 Å². The predicted octanol–water partition coefficient (Wildman–Crippen LogP) is 2.57. The Balaban J connectivity index is 1.96. The lowest BCUT2D eigenvalue weighted by Gasteiger charge is -2.33. The van der Waals surface area contributed by atoms with E-state index < -0.39 is 10.0 Å². The molecule has 1 fully saturated rings. The summed E-state index contributed by atoms with van der Waals surface area (Å²) in [5.41, 5.74) is 2.11. The summed E-state index contributed by atoms with van der Waals surface area (Å²) >= 11 is 0. The molecule has 25 heavy (non-hydrogen) atoms. The van der Waals surface area contributed by atoms with Gasteiger partial charge in [0.15, 0.2) is 0 Å². The Labute approximate surface area is 150 Å². The molecule has 2 rings (SSSR count). The Hall–Kier alpha value is -1.86. The molecule has 0 bridgehead atoms. The molecule has 138 valence electrons. The first-order chi connectivity index (χ1) is 11.7. The number of urea groups is 1. The second kappa shape index (κ2) is 8.01. The molecule has 1 aromatic rings. The summed E-state index contributed by atoms with van der Waals surface area (Å²) in [5.74, 6) is 0.372. The maximum atomic E-state index is 12.7. The maximum Gasteiger partial charge on any atom is 0.321 e. The highest BCUT2D eigenvalue weighted by atomic mass is 32.2. The SMILES string of the molecule is C/C(=C\NC(=O)N1CCN(S(=O)(=O)c2ccc(C)cc2)CC1)C(C)C. The van der Waals surface area contributed by atoms with Gasteiger partial charge in [0.1, 0.15) is 0 Å². The molecule has 0 aliphatic carbocycles. The number of piperazine rings is 1. The molecule has 2 amide bonds. The summed E-state index contributed by atoms with van der Waals surface area (Å²) in [6.07, 6.45) is 1.72. The molecule has 1 N–H and O–H groups in total. The van der Waals surface area contributed by atoms with E-state index in [1.807, 2.05) is 13.8 Å². The molecule has 0 saturated carbocycles. The van der Waals surface area contributed by atoms with Crippen molar-refractivity contribution in [2.45, 2.75) is 32.6 Å². The number of hydrogen-bond acceptors (Lipinski definition) is 3. The van der Waals surface area contributed by atoms with E-state index >= 15 is 0 Å². The highest BCUT2D eigenvalue weighted by Gasteiger charge is 2.29. The van der Waals surface area contributed by atoms with Gasteiger partial charge < -0.3 is 10.2 Å². The molecule has 6 nitrogen and oxygen atoms in total. The fraction of sp³-hybridized carbons (Fsp3) is 0.500. The first-order valence-electron chi connectivity index (χ1n) is 8.50. The van der Waals surface area contributed by atoms with Crippen molar-refractivity contribution in [3.63, 3.8) is 0 Å². The number of rotatable bonds is 4. The van der Waals surface area contributed by atoms with Gasteiger partial charge in [-0.1, -0.05) is 37.1 Å². The number of nitrogens with one attached hydrogen (secondary N) is 1. The zero-order valence-electron chi connectivity index (χ0n) is 15.3. The first-order valence-corrected chi connectivity index (χ1v) is 9.94. The van der Waals surface area contributed by atoms with Gasteiger partial charge >= 0.3 is 6.03 Å². The van der Waals surface area contributed by atoms with Crippen LogP contribution in [0.15, 0.2) is 40.9 Å². The molecule has 1 aliphatic rings. The van der Waals surface area contributed by atoms with Gasteiger partial charge in [-0.2, -0.15) is 4.31 Å². The van der Waals surface area contributed by atoms with Crippen molar-refractivity contribution >= 4 is 16.1 Å². The standard InChI is InChI=1S/C18H27N3O3S/c1-14(2)16(4)13-19-18(22)20-9-11-21(12-10-20)25(23,24)17-7-5-15(3)6-8-17/h5-8,13-14H,9-12H2,1-4H3,(H,19,22)/b16-13+. The van der Waals surface area contributed by atoms with E-state index in [0.717, 1.165) is 11.1 Å². The summed E-state index contributed by atoms with van der Waals surface area (Å²) < 4.78 is 26.8. The van der Waals surface area contributed by atoms with Gasteiger partial charge in [-0.25, -0.2) is 13.2 Å². The zero-order valence-corrected chi connectivity index (χ0v) is 16.1. The number of hydrogen-bond donors (Lipinski definition) is 1. The lowest BCUT2D eigenvalue weighted by molar-refractivity contribution is 0.175. The normalized spacial score (nSPS) is 17.0. The van der Waals surface area contributed by atoms with E-state index in [1.54, 1.807) is 35.4 Å². The molecule has 7 heteroatoms. The number of allylic oxidation sites excluding steroid dienone is 1. The maximum absolute atomic E-state index is 12.7. The van der Waals surface area contributed by atoms with Gasteiger partial charge in [0.25, 0.3) is 0 Å².